The van der Waals surface area contributed by atoms with Crippen molar-refractivity contribution in [2.24, 2.45) is 5.92 Å². The Balaban J connectivity index is 1.35. The van der Waals surface area contributed by atoms with E-state index in [1.54, 1.807) is 6.20 Å². The molecule has 0 spiro atoms. The van der Waals surface area contributed by atoms with Gasteiger partial charge in [-0.3, -0.25) is 9.48 Å². The number of rotatable bonds is 6. The first-order valence-electron chi connectivity index (χ1n) is 12.4. The first-order chi connectivity index (χ1) is 16.7. The fraction of sp³-hybridized carbons (Fsp3) is 0.429. The van der Waals surface area contributed by atoms with E-state index in [0.29, 0.717) is 37.7 Å². The van der Waals surface area contributed by atoms with E-state index in [9.17, 15) is 4.79 Å². The second kappa shape index (κ2) is 10.4. The molecule has 6 nitrogen and oxygen atoms in total. The highest BCUT2D eigenvalue weighted by Crippen LogP contribution is 2.38. The summed E-state index contributed by atoms with van der Waals surface area (Å²) in [6.45, 7) is 2.22. The molecule has 0 bridgehead atoms. The van der Waals surface area contributed by atoms with Crippen LogP contribution in [0.25, 0.3) is 0 Å². The van der Waals surface area contributed by atoms with Crippen molar-refractivity contribution >= 4 is 5.91 Å². The summed E-state index contributed by atoms with van der Waals surface area (Å²) in [5, 5.41) is 4.27. The monoisotopic (exact) mass is 459 g/mol. The molecule has 34 heavy (non-hydrogen) atoms. The van der Waals surface area contributed by atoms with Gasteiger partial charge in [0.2, 0.25) is 0 Å². The van der Waals surface area contributed by atoms with Crippen LogP contribution in [0.15, 0.2) is 60.9 Å². The molecule has 1 aliphatic heterocycles. The Morgan fingerprint density at radius 2 is 2.03 bits per heavy atom. The van der Waals surface area contributed by atoms with E-state index >= 15 is 0 Å². The van der Waals surface area contributed by atoms with Gasteiger partial charge in [0.1, 0.15) is 12.4 Å². The molecule has 0 radical (unpaired) electrons. The van der Waals surface area contributed by atoms with Crippen LogP contribution in [0, 0.1) is 5.92 Å². The molecule has 1 aromatic heterocycles. The average Bonchev–Trinajstić information content (AvgIpc) is 3.29. The van der Waals surface area contributed by atoms with Gasteiger partial charge in [-0.15, -0.1) is 0 Å². The summed E-state index contributed by atoms with van der Waals surface area (Å²) >= 11 is 0. The largest absolute Gasteiger partial charge is 0.491 e. The van der Waals surface area contributed by atoms with Gasteiger partial charge < -0.3 is 14.4 Å². The minimum Gasteiger partial charge on any atom is -0.491 e. The predicted octanol–water partition coefficient (Wildman–Crippen LogP) is 5.23. The lowest BCUT2D eigenvalue weighted by Gasteiger charge is -2.30. The van der Waals surface area contributed by atoms with Crippen LogP contribution >= 0.6 is 0 Å². The molecule has 2 aliphatic rings. The lowest BCUT2D eigenvalue weighted by molar-refractivity contribution is 0.0353. The van der Waals surface area contributed by atoms with Gasteiger partial charge in [-0.25, -0.2) is 0 Å². The van der Waals surface area contributed by atoms with Crippen LogP contribution in [0.4, 0.5) is 0 Å². The first kappa shape index (κ1) is 22.7. The van der Waals surface area contributed by atoms with E-state index in [1.807, 2.05) is 53.2 Å². The molecule has 6 heteroatoms. The highest BCUT2D eigenvalue weighted by molar-refractivity contribution is 5.94. The van der Waals surface area contributed by atoms with Crippen LogP contribution < -0.4 is 4.74 Å². The zero-order valence-corrected chi connectivity index (χ0v) is 19.9. The maximum absolute atomic E-state index is 13.5. The molecular weight excluding hydrogens is 426 g/mol. The number of benzene rings is 2. The SMILES string of the molecule is COC(c1ccc2c(c1)CN(C(=O)c1cccc(Cn3cccn3)c1)CCO2)C1CCCCC1. The van der Waals surface area contributed by atoms with Gasteiger partial charge >= 0.3 is 0 Å². The van der Waals surface area contributed by atoms with Crippen molar-refractivity contribution in [1.82, 2.24) is 14.7 Å². The van der Waals surface area contributed by atoms with Crippen LogP contribution in [0.5, 0.6) is 5.75 Å². The van der Waals surface area contributed by atoms with Gasteiger partial charge in [-0.2, -0.15) is 5.10 Å². The average molecular weight is 460 g/mol. The molecule has 5 rings (SSSR count). The number of fused-ring (bicyclic) bond motifs is 1. The zero-order chi connectivity index (χ0) is 23.3. The Hall–Kier alpha value is -3.12. The van der Waals surface area contributed by atoms with Gasteiger partial charge in [-0.05, 0) is 60.2 Å². The number of carbonyl (C=O) groups is 1. The fourth-order valence-electron chi connectivity index (χ4n) is 5.37. The summed E-state index contributed by atoms with van der Waals surface area (Å²) in [5.74, 6) is 1.45. The molecule has 1 amide bonds. The van der Waals surface area contributed by atoms with E-state index in [2.05, 4.69) is 23.3 Å². The lowest BCUT2D eigenvalue weighted by Crippen LogP contribution is -2.32. The van der Waals surface area contributed by atoms with Crippen LogP contribution in [0.3, 0.4) is 0 Å². The highest BCUT2D eigenvalue weighted by Gasteiger charge is 2.27. The van der Waals surface area contributed by atoms with Crippen molar-refractivity contribution in [3.05, 3.63) is 83.2 Å². The first-order valence-corrected chi connectivity index (χ1v) is 12.4. The minimum atomic E-state index is 0.0275. The van der Waals surface area contributed by atoms with Crippen LogP contribution in [0.1, 0.15) is 65.3 Å². The number of aromatic nitrogens is 2. The third-order valence-electron chi connectivity index (χ3n) is 7.09. The van der Waals surface area contributed by atoms with E-state index in [1.165, 1.54) is 37.7 Å². The summed E-state index contributed by atoms with van der Waals surface area (Å²) < 4.78 is 13.9. The molecule has 1 atom stereocenters. The molecule has 0 N–H and O–H groups in total. The van der Waals surface area contributed by atoms with Crippen molar-refractivity contribution in [3.63, 3.8) is 0 Å². The smallest absolute Gasteiger partial charge is 0.254 e. The summed E-state index contributed by atoms with van der Waals surface area (Å²) in [6.07, 6.45) is 10.1. The van der Waals surface area contributed by atoms with E-state index in [0.717, 1.165) is 16.9 Å². The third-order valence-corrected chi connectivity index (χ3v) is 7.09. The summed E-state index contributed by atoms with van der Waals surface area (Å²) in [6, 6.07) is 16.1. The predicted molar refractivity (Wildman–Crippen MR) is 131 cm³/mol. The van der Waals surface area contributed by atoms with Gasteiger partial charge in [0.25, 0.3) is 5.91 Å². The Labute approximate surface area is 201 Å². The molecule has 1 unspecified atom stereocenters. The van der Waals surface area contributed by atoms with Crippen molar-refractivity contribution in [2.45, 2.75) is 51.3 Å². The maximum atomic E-state index is 13.5. The molecule has 1 saturated carbocycles. The van der Waals surface area contributed by atoms with Gasteiger partial charge in [0, 0.05) is 37.2 Å². The molecule has 1 aliphatic carbocycles. The van der Waals surface area contributed by atoms with E-state index < -0.39 is 0 Å². The van der Waals surface area contributed by atoms with Gasteiger partial charge in [0.15, 0.2) is 0 Å². The topological polar surface area (TPSA) is 56.6 Å². The lowest BCUT2D eigenvalue weighted by atomic mass is 9.82. The number of ether oxygens (including phenoxy) is 2. The maximum Gasteiger partial charge on any atom is 0.254 e. The number of hydrogen-bond donors (Lipinski definition) is 0. The summed E-state index contributed by atoms with van der Waals surface area (Å²) in [7, 11) is 1.81. The summed E-state index contributed by atoms with van der Waals surface area (Å²) in [4.78, 5) is 15.4. The van der Waals surface area contributed by atoms with Crippen molar-refractivity contribution in [3.8, 4) is 5.75 Å². The third kappa shape index (κ3) is 5.02. The van der Waals surface area contributed by atoms with Crippen molar-refractivity contribution < 1.29 is 14.3 Å². The standard InChI is InChI=1S/C28H33N3O3/c1-33-27(22-8-3-2-4-9-22)23-11-12-26-25(18-23)20-30(15-16-34-26)28(32)24-10-5-7-21(17-24)19-31-14-6-13-29-31/h5-7,10-14,17-18,22,27H,2-4,8-9,15-16,19-20H2,1H3. The molecule has 178 valence electrons. The number of hydrogen-bond acceptors (Lipinski definition) is 4. The number of methoxy groups -OCH3 is 1. The molecule has 0 saturated heterocycles. The molecular formula is C28H33N3O3. The number of nitrogens with zero attached hydrogens (tertiary/aromatic N) is 3. The molecule has 1 fully saturated rings. The molecule has 2 aromatic carbocycles. The molecule has 2 heterocycles. The molecule has 3 aromatic rings. The van der Waals surface area contributed by atoms with Gasteiger partial charge in [-0.1, -0.05) is 37.5 Å². The Morgan fingerprint density at radius 1 is 1.15 bits per heavy atom. The van der Waals surface area contributed by atoms with Crippen molar-refractivity contribution in [2.75, 3.05) is 20.3 Å². The van der Waals surface area contributed by atoms with E-state index in [4.69, 9.17) is 9.47 Å². The van der Waals surface area contributed by atoms with Crippen LogP contribution in [-0.2, 0) is 17.8 Å². The normalized spacial score (nSPS) is 17.5. The Kier molecular flexibility index (Phi) is 6.95. The zero-order valence-electron chi connectivity index (χ0n) is 19.9. The number of carbonyl (C=O) groups excluding carboxylic acids is 1. The second-order valence-electron chi connectivity index (χ2n) is 9.40. The number of amides is 1. The van der Waals surface area contributed by atoms with Crippen molar-refractivity contribution in [1.29, 1.82) is 0 Å². The van der Waals surface area contributed by atoms with Gasteiger partial charge in [0.05, 0.1) is 19.2 Å². The van der Waals surface area contributed by atoms with Crippen LogP contribution in [-0.4, -0.2) is 40.8 Å². The fourth-order valence-corrected chi connectivity index (χ4v) is 5.37. The minimum absolute atomic E-state index is 0.0275. The summed E-state index contributed by atoms with van der Waals surface area (Å²) in [5.41, 5.74) is 3.99. The van der Waals surface area contributed by atoms with E-state index in [-0.39, 0.29) is 12.0 Å². The Morgan fingerprint density at radius 3 is 2.82 bits per heavy atom. The second-order valence-corrected chi connectivity index (χ2v) is 9.40. The Bertz CT molecular complexity index is 1110. The quantitative estimate of drug-likeness (QED) is 0.506. The highest BCUT2D eigenvalue weighted by atomic mass is 16.5. The van der Waals surface area contributed by atoms with Crippen LogP contribution in [0.2, 0.25) is 0 Å².